The van der Waals surface area contributed by atoms with E-state index in [1.807, 2.05) is 6.92 Å². The number of carbonyl (C=O) groups is 1. The fraction of sp³-hybridized carbons (Fsp3) is 0.938. The maximum atomic E-state index is 12.2. The summed E-state index contributed by atoms with van der Waals surface area (Å²) in [6.45, 7) is 7.30. The summed E-state index contributed by atoms with van der Waals surface area (Å²) in [5.41, 5.74) is -0.545. The van der Waals surface area contributed by atoms with E-state index in [2.05, 4.69) is 10.6 Å². The predicted molar refractivity (Wildman–Crippen MR) is 83.3 cm³/mol. The second-order valence-corrected chi connectivity index (χ2v) is 7.37. The molecule has 0 aromatic carbocycles. The standard InChI is InChI=1S/C16H29F3N2O2/c1-11(7-6-10-16(17,18)19)20-12-8-5-9-13(12)21-14(22)23-15(2,3)4/h11-13,20H,5-10H2,1-4H3,(H,21,22). The number of alkyl halides is 3. The van der Waals surface area contributed by atoms with Crippen LogP contribution in [0.5, 0.6) is 0 Å². The third kappa shape index (κ3) is 9.03. The fourth-order valence-electron chi connectivity index (χ4n) is 2.85. The van der Waals surface area contributed by atoms with Crippen LogP contribution in [0.4, 0.5) is 18.0 Å². The number of hydrogen-bond donors (Lipinski definition) is 2. The van der Waals surface area contributed by atoms with E-state index in [0.717, 1.165) is 19.3 Å². The van der Waals surface area contributed by atoms with Crippen LogP contribution in [0.3, 0.4) is 0 Å². The van der Waals surface area contributed by atoms with E-state index in [1.54, 1.807) is 20.8 Å². The molecule has 1 fully saturated rings. The molecular weight excluding hydrogens is 309 g/mol. The van der Waals surface area contributed by atoms with Crippen LogP contribution in [0.15, 0.2) is 0 Å². The summed E-state index contributed by atoms with van der Waals surface area (Å²) in [4.78, 5) is 11.8. The van der Waals surface area contributed by atoms with Crippen molar-refractivity contribution in [2.75, 3.05) is 0 Å². The second kappa shape index (κ2) is 8.22. The molecule has 0 bridgehead atoms. The van der Waals surface area contributed by atoms with E-state index in [1.165, 1.54) is 0 Å². The first-order valence-electron chi connectivity index (χ1n) is 8.28. The van der Waals surface area contributed by atoms with Gasteiger partial charge in [-0.15, -0.1) is 0 Å². The van der Waals surface area contributed by atoms with E-state index in [-0.39, 0.29) is 24.5 Å². The van der Waals surface area contributed by atoms with Crippen LogP contribution in [0.25, 0.3) is 0 Å². The Labute approximate surface area is 136 Å². The van der Waals surface area contributed by atoms with Crippen molar-refractivity contribution in [2.45, 2.75) is 96.1 Å². The lowest BCUT2D eigenvalue weighted by atomic mass is 10.1. The molecule has 1 aliphatic carbocycles. The maximum Gasteiger partial charge on any atom is 0.407 e. The summed E-state index contributed by atoms with van der Waals surface area (Å²) in [5, 5.41) is 6.21. The first kappa shape index (κ1) is 20.1. The molecule has 0 aromatic heterocycles. The fourth-order valence-corrected chi connectivity index (χ4v) is 2.85. The molecule has 4 nitrogen and oxygen atoms in total. The van der Waals surface area contributed by atoms with Crippen LogP contribution in [-0.2, 0) is 4.74 Å². The van der Waals surface area contributed by atoms with Crippen molar-refractivity contribution < 1.29 is 22.7 Å². The van der Waals surface area contributed by atoms with Gasteiger partial charge in [-0.3, -0.25) is 0 Å². The summed E-state index contributed by atoms with van der Waals surface area (Å²) >= 11 is 0. The average molecular weight is 338 g/mol. The maximum absolute atomic E-state index is 12.2. The minimum absolute atomic E-state index is 0.0108. The van der Waals surface area contributed by atoms with E-state index in [9.17, 15) is 18.0 Å². The Hall–Kier alpha value is -0.980. The van der Waals surface area contributed by atoms with Gasteiger partial charge in [0.1, 0.15) is 5.60 Å². The molecule has 0 aliphatic heterocycles. The Morgan fingerprint density at radius 3 is 2.39 bits per heavy atom. The minimum Gasteiger partial charge on any atom is -0.444 e. The lowest BCUT2D eigenvalue weighted by molar-refractivity contribution is -0.135. The molecule has 1 rings (SSSR count). The van der Waals surface area contributed by atoms with Gasteiger partial charge in [0, 0.05) is 24.5 Å². The number of alkyl carbamates (subject to hydrolysis) is 1. The molecule has 0 aromatic rings. The zero-order chi connectivity index (χ0) is 17.7. The number of rotatable bonds is 6. The third-order valence-electron chi connectivity index (χ3n) is 3.81. The van der Waals surface area contributed by atoms with Crippen molar-refractivity contribution in [1.82, 2.24) is 10.6 Å². The van der Waals surface area contributed by atoms with Gasteiger partial charge in [0.05, 0.1) is 0 Å². The monoisotopic (exact) mass is 338 g/mol. The molecule has 2 N–H and O–H groups in total. The number of amides is 1. The molecule has 0 radical (unpaired) electrons. The van der Waals surface area contributed by atoms with Crippen LogP contribution in [0.2, 0.25) is 0 Å². The van der Waals surface area contributed by atoms with Gasteiger partial charge in [-0.05, 0) is 59.8 Å². The molecule has 23 heavy (non-hydrogen) atoms. The van der Waals surface area contributed by atoms with Gasteiger partial charge in [-0.2, -0.15) is 13.2 Å². The number of carbonyl (C=O) groups excluding carboxylic acids is 1. The number of nitrogens with one attached hydrogen (secondary N) is 2. The average Bonchev–Trinajstić information content (AvgIpc) is 2.71. The molecule has 0 spiro atoms. The first-order chi connectivity index (χ1) is 10.5. The van der Waals surface area contributed by atoms with Crippen molar-refractivity contribution in [1.29, 1.82) is 0 Å². The van der Waals surface area contributed by atoms with E-state index in [4.69, 9.17) is 4.74 Å². The lowest BCUT2D eigenvalue weighted by Crippen LogP contribution is -2.50. The number of ether oxygens (including phenoxy) is 1. The van der Waals surface area contributed by atoms with Crippen molar-refractivity contribution >= 4 is 6.09 Å². The molecule has 0 saturated heterocycles. The van der Waals surface area contributed by atoms with Crippen LogP contribution in [0.1, 0.15) is 66.2 Å². The summed E-state index contributed by atoms with van der Waals surface area (Å²) in [7, 11) is 0. The molecule has 7 heteroatoms. The number of halogens is 3. The highest BCUT2D eigenvalue weighted by Crippen LogP contribution is 2.24. The molecular formula is C16H29F3N2O2. The van der Waals surface area contributed by atoms with E-state index >= 15 is 0 Å². The van der Waals surface area contributed by atoms with E-state index < -0.39 is 24.3 Å². The van der Waals surface area contributed by atoms with Crippen LogP contribution in [0, 0.1) is 0 Å². The van der Waals surface area contributed by atoms with Gasteiger partial charge >= 0.3 is 12.3 Å². The molecule has 3 unspecified atom stereocenters. The molecule has 136 valence electrons. The highest BCUT2D eigenvalue weighted by Gasteiger charge is 2.31. The second-order valence-electron chi connectivity index (χ2n) is 7.37. The minimum atomic E-state index is -4.09. The topological polar surface area (TPSA) is 50.4 Å². The summed E-state index contributed by atoms with van der Waals surface area (Å²) in [6, 6.07) is 0.0432. The van der Waals surface area contributed by atoms with Crippen molar-refractivity contribution in [3.8, 4) is 0 Å². The van der Waals surface area contributed by atoms with Gasteiger partial charge in [0.2, 0.25) is 0 Å². The van der Waals surface area contributed by atoms with Crippen LogP contribution >= 0.6 is 0 Å². The molecule has 1 saturated carbocycles. The SMILES string of the molecule is CC(CCCC(F)(F)F)NC1CCCC1NC(=O)OC(C)(C)C. The highest BCUT2D eigenvalue weighted by atomic mass is 19.4. The van der Waals surface area contributed by atoms with Gasteiger partial charge < -0.3 is 15.4 Å². The number of hydrogen-bond acceptors (Lipinski definition) is 3. The van der Waals surface area contributed by atoms with Crippen molar-refractivity contribution in [3.63, 3.8) is 0 Å². The zero-order valence-corrected chi connectivity index (χ0v) is 14.4. The lowest BCUT2D eigenvalue weighted by Gasteiger charge is -2.27. The Kier molecular flexibility index (Phi) is 7.17. The molecule has 1 aliphatic rings. The zero-order valence-electron chi connectivity index (χ0n) is 14.4. The van der Waals surface area contributed by atoms with Crippen LogP contribution in [-0.4, -0.2) is 36.0 Å². The normalized spacial score (nSPS) is 23.6. The van der Waals surface area contributed by atoms with Gasteiger partial charge in [-0.25, -0.2) is 4.79 Å². The van der Waals surface area contributed by atoms with Gasteiger partial charge in [0.15, 0.2) is 0 Å². The molecule has 0 heterocycles. The quantitative estimate of drug-likeness (QED) is 0.765. The van der Waals surface area contributed by atoms with Crippen LogP contribution < -0.4 is 10.6 Å². The Balaban J connectivity index is 2.36. The van der Waals surface area contributed by atoms with E-state index in [0.29, 0.717) is 6.42 Å². The van der Waals surface area contributed by atoms with Gasteiger partial charge in [-0.1, -0.05) is 0 Å². The molecule has 1 amide bonds. The Bertz CT molecular complexity index is 381. The summed E-state index contributed by atoms with van der Waals surface area (Å²) in [6.07, 6.45) is -1.95. The Morgan fingerprint density at radius 1 is 1.22 bits per heavy atom. The van der Waals surface area contributed by atoms with Crippen molar-refractivity contribution in [3.05, 3.63) is 0 Å². The molecule has 3 atom stereocenters. The third-order valence-corrected chi connectivity index (χ3v) is 3.81. The first-order valence-corrected chi connectivity index (χ1v) is 8.28. The smallest absolute Gasteiger partial charge is 0.407 e. The van der Waals surface area contributed by atoms with Crippen molar-refractivity contribution in [2.24, 2.45) is 0 Å². The predicted octanol–water partition coefficient (Wildman–Crippen LogP) is 4.14. The largest absolute Gasteiger partial charge is 0.444 e. The highest BCUT2D eigenvalue weighted by molar-refractivity contribution is 5.68. The summed E-state index contributed by atoms with van der Waals surface area (Å²) < 4.78 is 41.8. The van der Waals surface area contributed by atoms with Gasteiger partial charge in [0.25, 0.3) is 0 Å². The summed E-state index contributed by atoms with van der Waals surface area (Å²) in [5.74, 6) is 0. The Morgan fingerprint density at radius 2 is 1.83 bits per heavy atom.